The highest BCUT2D eigenvalue weighted by Crippen LogP contribution is 2.48. The third-order valence-electron chi connectivity index (χ3n) is 7.05. The Hall–Kier alpha value is -2.74. The van der Waals surface area contributed by atoms with E-state index in [9.17, 15) is 5.11 Å². The number of phenolic OH excluding ortho intramolecular Hbond substituents is 1. The summed E-state index contributed by atoms with van der Waals surface area (Å²) in [6.07, 6.45) is 3.20. The lowest BCUT2D eigenvalue weighted by atomic mass is 9.64. The molecule has 1 N–H and O–H groups in total. The minimum Gasteiger partial charge on any atom is -0.508 e. The Balaban J connectivity index is 1.81. The molecular formula is C28H32O2. The van der Waals surface area contributed by atoms with Gasteiger partial charge in [0.25, 0.3) is 0 Å². The first-order valence-electron chi connectivity index (χ1n) is 11.0. The van der Waals surface area contributed by atoms with Crippen molar-refractivity contribution in [3.05, 3.63) is 94.0 Å². The minimum absolute atomic E-state index is 0.379. The van der Waals surface area contributed by atoms with Crippen molar-refractivity contribution >= 4 is 0 Å². The Labute approximate surface area is 180 Å². The maximum Gasteiger partial charge on any atom is 0.119 e. The van der Waals surface area contributed by atoms with Crippen LogP contribution in [-0.2, 0) is 12.8 Å². The van der Waals surface area contributed by atoms with Crippen LogP contribution in [0.2, 0.25) is 0 Å². The molecule has 3 atom stereocenters. The number of ether oxygens (including phenoxy) is 1. The molecule has 3 aromatic rings. The fourth-order valence-electron chi connectivity index (χ4n) is 5.31. The average molecular weight is 401 g/mol. The Morgan fingerprint density at radius 2 is 1.77 bits per heavy atom. The number of fused-ring (bicyclic) bond motifs is 1. The van der Waals surface area contributed by atoms with Crippen LogP contribution in [0, 0.1) is 19.8 Å². The second-order valence-electron chi connectivity index (χ2n) is 8.73. The fraction of sp³-hybridized carbons (Fsp3) is 0.357. The van der Waals surface area contributed by atoms with Crippen molar-refractivity contribution in [3.63, 3.8) is 0 Å². The maximum absolute atomic E-state index is 10.0. The Bertz CT molecular complexity index is 1040. The van der Waals surface area contributed by atoms with Crippen LogP contribution in [0.15, 0.2) is 60.7 Å². The molecule has 3 unspecified atom stereocenters. The molecule has 0 spiro atoms. The SMILES string of the molecule is CCC1C(c2ccc(O)c(C)c2)Cc2ccc(OC)cc2C1Cc1ccccc1C. The summed E-state index contributed by atoms with van der Waals surface area (Å²) in [4.78, 5) is 0. The van der Waals surface area contributed by atoms with E-state index in [2.05, 4.69) is 68.4 Å². The first-order valence-corrected chi connectivity index (χ1v) is 11.0. The first-order chi connectivity index (χ1) is 14.5. The van der Waals surface area contributed by atoms with Crippen LogP contribution in [0.5, 0.6) is 11.5 Å². The minimum atomic E-state index is 0.379. The first kappa shape index (κ1) is 20.5. The molecule has 0 saturated carbocycles. The molecular weight excluding hydrogens is 368 g/mol. The molecule has 0 amide bonds. The van der Waals surface area contributed by atoms with E-state index in [0.29, 0.717) is 23.5 Å². The van der Waals surface area contributed by atoms with Gasteiger partial charge in [-0.25, -0.2) is 0 Å². The summed E-state index contributed by atoms with van der Waals surface area (Å²) in [6.45, 7) is 6.53. The molecule has 0 heterocycles. The van der Waals surface area contributed by atoms with Crippen LogP contribution >= 0.6 is 0 Å². The molecule has 0 radical (unpaired) electrons. The van der Waals surface area contributed by atoms with Gasteiger partial charge in [0.1, 0.15) is 11.5 Å². The van der Waals surface area contributed by atoms with E-state index in [1.165, 1.54) is 27.8 Å². The third-order valence-corrected chi connectivity index (χ3v) is 7.05. The van der Waals surface area contributed by atoms with Gasteiger partial charge in [-0.1, -0.05) is 55.8 Å². The number of hydrogen-bond acceptors (Lipinski definition) is 2. The molecule has 2 heteroatoms. The number of methoxy groups -OCH3 is 1. The van der Waals surface area contributed by atoms with Crippen LogP contribution in [0.1, 0.15) is 58.6 Å². The number of rotatable bonds is 5. The zero-order chi connectivity index (χ0) is 21.3. The standard InChI is InChI=1S/C28H32O2/c1-5-24-25(21-11-13-28(29)19(3)14-21)16-22-10-12-23(30-4)17-26(22)27(24)15-20-9-7-6-8-18(20)2/h6-14,17,24-25,27,29H,5,15-16H2,1-4H3. The monoisotopic (exact) mass is 400 g/mol. The van der Waals surface area contributed by atoms with Crippen LogP contribution in [0.4, 0.5) is 0 Å². The maximum atomic E-state index is 10.0. The lowest BCUT2D eigenvalue weighted by Gasteiger charge is -2.40. The summed E-state index contributed by atoms with van der Waals surface area (Å²) in [5.41, 5.74) is 7.95. The number of hydrogen-bond donors (Lipinski definition) is 1. The van der Waals surface area contributed by atoms with Gasteiger partial charge in [0.05, 0.1) is 7.11 Å². The van der Waals surface area contributed by atoms with Gasteiger partial charge >= 0.3 is 0 Å². The summed E-state index contributed by atoms with van der Waals surface area (Å²) in [5, 5.41) is 10.0. The van der Waals surface area contributed by atoms with Gasteiger partial charge < -0.3 is 9.84 Å². The number of aryl methyl sites for hydroxylation is 2. The molecule has 30 heavy (non-hydrogen) atoms. The normalized spacial score (nSPS) is 20.6. The van der Waals surface area contributed by atoms with Gasteiger partial charge in [-0.05, 0) is 96.0 Å². The third kappa shape index (κ3) is 3.84. The van der Waals surface area contributed by atoms with E-state index in [1.807, 2.05) is 13.0 Å². The molecule has 0 fully saturated rings. The average Bonchev–Trinajstić information content (AvgIpc) is 2.76. The number of phenols is 1. The Morgan fingerprint density at radius 1 is 0.967 bits per heavy atom. The molecule has 0 aromatic heterocycles. The van der Waals surface area contributed by atoms with Crippen molar-refractivity contribution in [2.45, 2.75) is 51.9 Å². The highest BCUT2D eigenvalue weighted by molar-refractivity contribution is 5.45. The van der Waals surface area contributed by atoms with E-state index in [0.717, 1.165) is 30.6 Å². The molecule has 3 aromatic carbocycles. The molecule has 156 valence electrons. The van der Waals surface area contributed by atoms with Crippen molar-refractivity contribution in [2.24, 2.45) is 5.92 Å². The molecule has 1 aliphatic carbocycles. The molecule has 4 rings (SSSR count). The van der Waals surface area contributed by atoms with E-state index < -0.39 is 0 Å². The summed E-state index contributed by atoms with van der Waals surface area (Å²) in [7, 11) is 1.75. The second-order valence-corrected chi connectivity index (χ2v) is 8.73. The molecule has 1 aliphatic rings. The van der Waals surface area contributed by atoms with Gasteiger partial charge in [-0.15, -0.1) is 0 Å². The lowest BCUT2D eigenvalue weighted by molar-refractivity contribution is 0.310. The van der Waals surface area contributed by atoms with Gasteiger partial charge in [-0.2, -0.15) is 0 Å². The topological polar surface area (TPSA) is 29.5 Å². The van der Waals surface area contributed by atoms with Crippen LogP contribution in [-0.4, -0.2) is 12.2 Å². The van der Waals surface area contributed by atoms with Crippen LogP contribution in [0.3, 0.4) is 0 Å². The quantitative estimate of drug-likeness (QED) is 0.516. The fourth-order valence-corrected chi connectivity index (χ4v) is 5.31. The molecule has 0 aliphatic heterocycles. The molecule has 0 bridgehead atoms. The molecule has 2 nitrogen and oxygen atoms in total. The Kier molecular flexibility index (Phi) is 5.85. The van der Waals surface area contributed by atoms with Crippen molar-refractivity contribution in [1.29, 1.82) is 0 Å². The lowest BCUT2D eigenvalue weighted by Crippen LogP contribution is -2.29. The van der Waals surface area contributed by atoms with E-state index in [-0.39, 0.29) is 0 Å². The van der Waals surface area contributed by atoms with Crippen molar-refractivity contribution in [1.82, 2.24) is 0 Å². The van der Waals surface area contributed by atoms with Gasteiger partial charge in [0.15, 0.2) is 0 Å². The van der Waals surface area contributed by atoms with Crippen LogP contribution in [0.25, 0.3) is 0 Å². The zero-order valence-corrected chi connectivity index (χ0v) is 18.5. The summed E-state index contributed by atoms with van der Waals surface area (Å²) >= 11 is 0. The second kappa shape index (κ2) is 8.55. The highest BCUT2D eigenvalue weighted by atomic mass is 16.5. The van der Waals surface area contributed by atoms with E-state index in [1.54, 1.807) is 7.11 Å². The number of benzene rings is 3. The summed E-state index contributed by atoms with van der Waals surface area (Å²) < 4.78 is 5.58. The number of aromatic hydroxyl groups is 1. The van der Waals surface area contributed by atoms with Crippen molar-refractivity contribution < 1.29 is 9.84 Å². The predicted molar refractivity (Wildman–Crippen MR) is 124 cm³/mol. The largest absolute Gasteiger partial charge is 0.508 e. The van der Waals surface area contributed by atoms with Crippen molar-refractivity contribution in [2.75, 3.05) is 7.11 Å². The highest BCUT2D eigenvalue weighted by Gasteiger charge is 2.37. The van der Waals surface area contributed by atoms with E-state index in [4.69, 9.17) is 4.74 Å². The summed E-state index contributed by atoms with van der Waals surface area (Å²) in [6, 6.07) is 21.5. The zero-order valence-electron chi connectivity index (χ0n) is 18.5. The van der Waals surface area contributed by atoms with Gasteiger partial charge in [0.2, 0.25) is 0 Å². The Morgan fingerprint density at radius 3 is 2.47 bits per heavy atom. The smallest absolute Gasteiger partial charge is 0.119 e. The van der Waals surface area contributed by atoms with Crippen LogP contribution < -0.4 is 4.74 Å². The van der Waals surface area contributed by atoms with Gasteiger partial charge in [-0.3, -0.25) is 0 Å². The van der Waals surface area contributed by atoms with Crippen molar-refractivity contribution in [3.8, 4) is 11.5 Å². The summed E-state index contributed by atoms with van der Waals surface area (Å²) in [5.74, 6) is 2.74. The predicted octanol–water partition coefficient (Wildman–Crippen LogP) is 6.71. The molecule has 0 saturated heterocycles. The van der Waals surface area contributed by atoms with E-state index >= 15 is 0 Å². The van der Waals surface area contributed by atoms with Gasteiger partial charge in [0, 0.05) is 0 Å².